The third-order valence-corrected chi connectivity index (χ3v) is 3.04. The molecule has 0 atom stereocenters. The minimum absolute atomic E-state index is 0.674. The van der Waals surface area contributed by atoms with Gasteiger partial charge in [0.25, 0.3) is 0 Å². The van der Waals surface area contributed by atoms with Crippen molar-refractivity contribution in [1.82, 2.24) is 9.36 Å². The van der Waals surface area contributed by atoms with Crippen LogP contribution in [0.2, 0.25) is 0 Å². The van der Waals surface area contributed by atoms with Gasteiger partial charge in [-0.2, -0.15) is 9.36 Å². The molecule has 0 aliphatic heterocycles. The SMILES string of the molecule is CCNc1nc(-c2cc(OC)cc(OC)c2)ns1. The summed E-state index contributed by atoms with van der Waals surface area (Å²) in [6, 6.07) is 5.60. The number of nitrogens with one attached hydrogen (secondary N) is 1. The van der Waals surface area contributed by atoms with E-state index >= 15 is 0 Å². The third-order valence-electron chi connectivity index (χ3n) is 2.36. The highest BCUT2D eigenvalue weighted by molar-refractivity contribution is 7.09. The summed E-state index contributed by atoms with van der Waals surface area (Å²) in [6.45, 7) is 2.85. The van der Waals surface area contributed by atoms with Gasteiger partial charge in [-0.25, -0.2) is 0 Å². The number of anilines is 1. The Kier molecular flexibility index (Phi) is 3.99. The Morgan fingerprint density at radius 3 is 2.39 bits per heavy atom. The number of benzene rings is 1. The lowest BCUT2D eigenvalue weighted by Crippen LogP contribution is -1.95. The van der Waals surface area contributed by atoms with E-state index in [-0.39, 0.29) is 0 Å². The van der Waals surface area contributed by atoms with E-state index in [1.165, 1.54) is 11.5 Å². The summed E-state index contributed by atoms with van der Waals surface area (Å²) in [6.07, 6.45) is 0. The summed E-state index contributed by atoms with van der Waals surface area (Å²) in [5.74, 6) is 2.13. The molecule has 1 aromatic carbocycles. The minimum atomic E-state index is 0.674. The molecule has 2 rings (SSSR count). The number of hydrogen-bond donors (Lipinski definition) is 1. The smallest absolute Gasteiger partial charge is 0.202 e. The Labute approximate surface area is 110 Å². The second-order valence-electron chi connectivity index (χ2n) is 3.55. The van der Waals surface area contributed by atoms with Gasteiger partial charge in [-0.05, 0) is 19.1 Å². The van der Waals surface area contributed by atoms with Crippen molar-refractivity contribution >= 4 is 16.7 Å². The maximum atomic E-state index is 5.23. The van der Waals surface area contributed by atoms with Crippen LogP contribution in [0.1, 0.15) is 6.92 Å². The second-order valence-corrected chi connectivity index (χ2v) is 4.31. The summed E-state index contributed by atoms with van der Waals surface area (Å²) in [7, 11) is 3.24. The van der Waals surface area contributed by atoms with Crippen molar-refractivity contribution in [3.8, 4) is 22.9 Å². The molecule has 0 bridgehead atoms. The molecule has 0 saturated carbocycles. The van der Waals surface area contributed by atoms with Gasteiger partial charge < -0.3 is 14.8 Å². The first kappa shape index (κ1) is 12.6. The van der Waals surface area contributed by atoms with Crippen LogP contribution in [0, 0.1) is 0 Å². The lowest BCUT2D eigenvalue weighted by atomic mass is 10.2. The van der Waals surface area contributed by atoms with E-state index < -0.39 is 0 Å². The summed E-state index contributed by atoms with van der Waals surface area (Å²) < 4.78 is 14.8. The van der Waals surface area contributed by atoms with Gasteiger partial charge in [0.1, 0.15) is 11.5 Å². The predicted octanol–water partition coefficient (Wildman–Crippen LogP) is 2.65. The number of methoxy groups -OCH3 is 2. The van der Waals surface area contributed by atoms with Gasteiger partial charge in [-0.1, -0.05) is 0 Å². The Morgan fingerprint density at radius 2 is 1.83 bits per heavy atom. The topological polar surface area (TPSA) is 56.3 Å². The van der Waals surface area contributed by atoms with Crippen LogP contribution in [0.4, 0.5) is 5.13 Å². The number of rotatable bonds is 5. The van der Waals surface area contributed by atoms with E-state index in [1.807, 2.05) is 25.1 Å². The molecule has 0 aliphatic rings. The molecule has 0 radical (unpaired) electrons. The molecule has 96 valence electrons. The van der Waals surface area contributed by atoms with E-state index in [4.69, 9.17) is 9.47 Å². The summed E-state index contributed by atoms with van der Waals surface area (Å²) in [4.78, 5) is 4.41. The Balaban J connectivity index is 2.35. The average molecular weight is 265 g/mol. The summed E-state index contributed by atoms with van der Waals surface area (Å²) in [5, 5.41) is 3.95. The quantitative estimate of drug-likeness (QED) is 0.900. The lowest BCUT2D eigenvalue weighted by molar-refractivity contribution is 0.394. The van der Waals surface area contributed by atoms with E-state index in [0.29, 0.717) is 5.82 Å². The molecule has 0 amide bonds. The monoisotopic (exact) mass is 265 g/mol. The highest BCUT2D eigenvalue weighted by atomic mass is 32.1. The summed E-state index contributed by atoms with van der Waals surface area (Å²) >= 11 is 1.34. The normalized spacial score (nSPS) is 10.2. The Hall–Kier alpha value is -1.82. The van der Waals surface area contributed by atoms with Crippen molar-refractivity contribution in [1.29, 1.82) is 0 Å². The van der Waals surface area contributed by atoms with Crippen LogP contribution >= 0.6 is 11.5 Å². The van der Waals surface area contributed by atoms with Crippen molar-refractivity contribution in [2.45, 2.75) is 6.92 Å². The molecule has 5 nitrogen and oxygen atoms in total. The lowest BCUT2D eigenvalue weighted by Gasteiger charge is -2.06. The summed E-state index contributed by atoms with van der Waals surface area (Å²) in [5.41, 5.74) is 0.881. The van der Waals surface area contributed by atoms with E-state index in [1.54, 1.807) is 14.2 Å². The second kappa shape index (κ2) is 5.68. The first-order valence-electron chi connectivity index (χ1n) is 5.57. The minimum Gasteiger partial charge on any atom is -0.497 e. The maximum absolute atomic E-state index is 5.23. The number of aromatic nitrogens is 2. The van der Waals surface area contributed by atoms with Crippen LogP contribution in [-0.4, -0.2) is 30.1 Å². The molecule has 0 spiro atoms. The third kappa shape index (κ3) is 2.70. The Morgan fingerprint density at radius 1 is 1.17 bits per heavy atom. The number of ether oxygens (including phenoxy) is 2. The molecule has 0 aliphatic carbocycles. The fourth-order valence-corrected chi connectivity index (χ4v) is 2.16. The standard InChI is InChI=1S/C12H15N3O2S/c1-4-13-12-14-11(15-18-12)8-5-9(16-2)7-10(6-8)17-3/h5-7H,4H2,1-3H3,(H,13,14,15). The molecular weight excluding hydrogens is 250 g/mol. The van der Waals surface area contributed by atoms with Crippen molar-refractivity contribution in [2.75, 3.05) is 26.1 Å². The fraction of sp³-hybridized carbons (Fsp3) is 0.333. The van der Waals surface area contributed by atoms with Crippen LogP contribution in [-0.2, 0) is 0 Å². The van der Waals surface area contributed by atoms with Gasteiger partial charge in [0.2, 0.25) is 5.13 Å². The number of hydrogen-bond acceptors (Lipinski definition) is 6. The maximum Gasteiger partial charge on any atom is 0.202 e. The van der Waals surface area contributed by atoms with Gasteiger partial charge in [0, 0.05) is 29.7 Å². The zero-order valence-corrected chi connectivity index (χ0v) is 11.4. The van der Waals surface area contributed by atoms with E-state index in [0.717, 1.165) is 28.7 Å². The molecule has 0 saturated heterocycles. The molecule has 6 heteroatoms. The van der Waals surface area contributed by atoms with Gasteiger partial charge in [0.15, 0.2) is 5.82 Å². The molecule has 2 aromatic rings. The van der Waals surface area contributed by atoms with Crippen molar-refractivity contribution < 1.29 is 9.47 Å². The van der Waals surface area contributed by atoms with E-state index in [2.05, 4.69) is 14.7 Å². The zero-order valence-electron chi connectivity index (χ0n) is 10.6. The average Bonchev–Trinajstić information content (AvgIpc) is 2.87. The fourth-order valence-electron chi connectivity index (χ4n) is 1.50. The van der Waals surface area contributed by atoms with Crippen LogP contribution in [0.25, 0.3) is 11.4 Å². The zero-order chi connectivity index (χ0) is 13.0. The van der Waals surface area contributed by atoms with Crippen molar-refractivity contribution in [2.24, 2.45) is 0 Å². The largest absolute Gasteiger partial charge is 0.497 e. The molecule has 0 unspecified atom stereocenters. The van der Waals surface area contributed by atoms with Crippen LogP contribution in [0.5, 0.6) is 11.5 Å². The van der Waals surface area contributed by atoms with Crippen molar-refractivity contribution in [3.05, 3.63) is 18.2 Å². The van der Waals surface area contributed by atoms with Gasteiger partial charge in [-0.15, -0.1) is 0 Å². The highest BCUT2D eigenvalue weighted by Gasteiger charge is 2.09. The van der Waals surface area contributed by atoms with E-state index in [9.17, 15) is 0 Å². The van der Waals surface area contributed by atoms with Crippen molar-refractivity contribution in [3.63, 3.8) is 0 Å². The molecule has 1 heterocycles. The van der Waals surface area contributed by atoms with Gasteiger partial charge >= 0.3 is 0 Å². The molecule has 1 N–H and O–H groups in total. The highest BCUT2D eigenvalue weighted by Crippen LogP contribution is 2.29. The Bertz CT molecular complexity index is 506. The molecule has 18 heavy (non-hydrogen) atoms. The first-order valence-corrected chi connectivity index (χ1v) is 6.35. The van der Waals surface area contributed by atoms with Gasteiger partial charge in [-0.3, -0.25) is 0 Å². The molecule has 0 fully saturated rings. The number of nitrogens with zero attached hydrogens (tertiary/aromatic N) is 2. The van der Waals surface area contributed by atoms with Crippen LogP contribution in [0.3, 0.4) is 0 Å². The van der Waals surface area contributed by atoms with Crippen LogP contribution in [0.15, 0.2) is 18.2 Å². The predicted molar refractivity (Wildman–Crippen MR) is 72.6 cm³/mol. The van der Waals surface area contributed by atoms with Gasteiger partial charge in [0.05, 0.1) is 14.2 Å². The first-order chi connectivity index (χ1) is 8.76. The molecular formula is C12H15N3O2S. The van der Waals surface area contributed by atoms with Crippen LogP contribution < -0.4 is 14.8 Å². The molecule has 1 aromatic heterocycles.